The number of ether oxygens (including phenoxy) is 1. The van der Waals surface area contributed by atoms with Gasteiger partial charge in [0.1, 0.15) is 12.4 Å². The van der Waals surface area contributed by atoms with Crippen LogP contribution in [0.15, 0.2) is 82.7 Å². The molecule has 0 aliphatic carbocycles. The van der Waals surface area contributed by atoms with Crippen LogP contribution in [-0.2, 0) is 11.4 Å². The van der Waals surface area contributed by atoms with Gasteiger partial charge in [-0.15, -0.1) is 0 Å². The fourth-order valence-electron chi connectivity index (χ4n) is 3.27. The van der Waals surface area contributed by atoms with Gasteiger partial charge in [-0.2, -0.15) is 0 Å². The molecule has 1 heterocycles. The summed E-state index contributed by atoms with van der Waals surface area (Å²) >= 11 is 1.16. The topological polar surface area (TPSA) is 85.0 Å². The lowest BCUT2D eigenvalue weighted by Crippen LogP contribution is -2.28. The standard InChI is InChI=1S/C25H20FN3O4S/c1-2-28-24(30)23(34-25(28)27-20-11-9-19(26)10-12-20)15-18-8-13-22(21(14-18)29(31)32)33-16-17-6-4-3-5-7-17/h3-15H,2,16H2,1H3/b23-15+,27-25?. The molecular weight excluding hydrogens is 457 g/mol. The molecule has 34 heavy (non-hydrogen) atoms. The van der Waals surface area contributed by atoms with Crippen molar-refractivity contribution in [1.82, 2.24) is 4.90 Å². The van der Waals surface area contributed by atoms with Crippen LogP contribution in [0.4, 0.5) is 15.8 Å². The van der Waals surface area contributed by atoms with Crippen molar-refractivity contribution in [2.24, 2.45) is 4.99 Å². The minimum Gasteiger partial charge on any atom is -0.482 e. The number of thioether (sulfide) groups is 1. The first-order valence-electron chi connectivity index (χ1n) is 10.5. The first-order chi connectivity index (χ1) is 16.4. The molecule has 172 valence electrons. The molecule has 1 aliphatic rings. The number of hydrogen-bond acceptors (Lipinski definition) is 6. The van der Waals surface area contributed by atoms with Gasteiger partial charge in [0.15, 0.2) is 10.9 Å². The first-order valence-corrected chi connectivity index (χ1v) is 11.3. The number of likely N-dealkylation sites (N-methyl/N-ethyl adjacent to an activating group) is 1. The molecule has 3 aromatic carbocycles. The molecular formula is C25H20FN3O4S. The third-order valence-corrected chi connectivity index (χ3v) is 5.98. The van der Waals surface area contributed by atoms with Crippen LogP contribution in [0.2, 0.25) is 0 Å². The predicted molar refractivity (Wildman–Crippen MR) is 130 cm³/mol. The minimum absolute atomic E-state index is 0.148. The van der Waals surface area contributed by atoms with E-state index in [1.54, 1.807) is 12.1 Å². The van der Waals surface area contributed by atoms with E-state index in [0.29, 0.717) is 27.9 Å². The summed E-state index contributed by atoms with van der Waals surface area (Å²) in [7, 11) is 0. The van der Waals surface area contributed by atoms with Gasteiger partial charge in [-0.3, -0.25) is 19.8 Å². The molecule has 0 spiro atoms. The number of halogens is 1. The van der Waals surface area contributed by atoms with Crippen molar-refractivity contribution in [1.29, 1.82) is 0 Å². The first kappa shape index (κ1) is 23.2. The number of carbonyl (C=O) groups excluding carboxylic acids is 1. The van der Waals surface area contributed by atoms with Gasteiger partial charge in [0, 0.05) is 12.6 Å². The second-order valence-electron chi connectivity index (χ2n) is 7.29. The van der Waals surface area contributed by atoms with Crippen LogP contribution in [0.3, 0.4) is 0 Å². The second-order valence-corrected chi connectivity index (χ2v) is 8.30. The summed E-state index contributed by atoms with van der Waals surface area (Å²) in [5, 5.41) is 12.1. The van der Waals surface area contributed by atoms with Crippen LogP contribution in [0.25, 0.3) is 6.08 Å². The Morgan fingerprint density at radius 2 is 1.85 bits per heavy atom. The number of amidine groups is 1. The highest BCUT2D eigenvalue weighted by atomic mass is 32.2. The molecule has 9 heteroatoms. The van der Waals surface area contributed by atoms with Crippen LogP contribution in [0.5, 0.6) is 5.75 Å². The smallest absolute Gasteiger partial charge is 0.311 e. The van der Waals surface area contributed by atoms with E-state index in [1.807, 2.05) is 37.3 Å². The predicted octanol–water partition coefficient (Wildman–Crippen LogP) is 5.94. The molecule has 1 amide bonds. The summed E-state index contributed by atoms with van der Waals surface area (Å²) in [4.78, 5) is 30.4. The van der Waals surface area contributed by atoms with Gasteiger partial charge in [0.05, 0.1) is 15.5 Å². The average Bonchev–Trinajstić information content (AvgIpc) is 3.13. The SMILES string of the molecule is CCN1C(=O)/C(=C\c2ccc(OCc3ccccc3)c([N+](=O)[O-])c2)SC1=Nc1ccc(F)cc1. The molecule has 4 rings (SSSR count). The summed E-state index contributed by atoms with van der Waals surface area (Å²) in [6.45, 7) is 2.42. The summed E-state index contributed by atoms with van der Waals surface area (Å²) < 4.78 is 18.8. The number of carbonyl (C=O) groups is 1. The van der Waals surface area contributed by atoms with Crippen molar-refractivity contribution in [2.75, 3.05) is 6.54 Å². The highest BCUT2D eigenvalue weighted by molar-refractivity contribution is 8.18. The van der Waals surface area contributed by atoms with Gasteiger partial charge in [0.2, 0.25) is 0 Å². The van der Waals surface area contributed by atoms with Crippen molar-refractivity contribution in [3.05, 3.63) is 105 Å². The Balaban J connectivity index is 1.58. The number of amides is 1. The Hall–Kier alpha value is -3.98. The van der Waals surface area contributed by atoms with Crippen LogP contribution in [0, 0.1) is 15.9 Å². The van der Waals surface area contributed by atoms with E-state index in [-0.39, 0.29) is 29.8 Å². The zero-order valence-corrected chi connectivity index (χ0v) is 19.0. The van der Waals surface area contributed by atoms with E-state index in [1.165, 1.54) is 41.3 Å². The zero-order valence-electron chi connectivity index (χ0n) is 18.2. The van der Waals surface area contributed by atoms with Gasteiger partial charge in [-0.1, -0.05) is 36.4 Å². The Kier molecular flexibility index (Phi) is 7.03. The maximum absolute atomic E-state index is 13.2. The van der Waals surface area contributed by atoms with Crippen molar-refractivity contribution in [3.8, 4) is 5.75 Å². The number of hydrogen-bond donors (Lipinski definition) is 0. The van der Waals surface area contributed by atoms with Gasteiger partial charge in [0.25, 0.3) is 5.91 Å². The number of benzene rings is 3. The molecule has 0 unspecified atom stereocenters. The van der Waals surface area contributed by atoms with E-state index in [9.17, 15) is 19.3 Å². The molecule has 0 atom stereocenters. The number of rotatable bonds is 7. The molecule has 0 radical (unpaired) electrons. The highest BCUT2D eigenvalue weighted by Gasteiger charge is 2.32. The van der Waals surface area contributed by atoms with Crippen LogP contribution >= 0.6 is 11.8 Å². The monoisotopic (exact) mass is 477 g/mol. The third-order valence-electron chi connectivity index (χ3n) is 4.97. The average molecular weight is 478 g/mol. The van der Waals surface area contributed by atoms with Gasteiger partial charge < -0.3 is 4.74 Å². The van der Waals surface area contributed by atoms with Crippen LogP contribution in [0.1, 0.15) is 18.1 Å². The number of nitrogens with zero attached hydrogens (tertiary/aromatic N) is 3. The summed E-state index contributed by atoms with van der Waals surface area (Å²) in [6.07, 6.45) is 1.59. The number of nitro benzene ring substituents is 1. The molecule has 0 saturated carbocycles. The second kappa shape index (κ2) is 10.3. The van der Waals surface area contributed by atoms with Crippen molar-refractivity contribution in [2.45, 2.75) is 13.5 Å². The van der Waals surface area contributed by atoms with Crippen LogP contribution in [-0.4, -0.2) is 27.4 Å². The Labute approximate surface area is 199 Å². The van der Waals surface area contributed by atoms with Crippen LogP contribution < -0.4 is 4.74 Å². The van der Waals surface area contributed by atoms with E-state index >= 15 is 0 Å². The lowest BCUT2D eigenvalue weighted by Gasteiger charge is -2.11. The van der Waals surface area contributed by atoms with Gasteiger partial charge in [-0.25, -0.2) is 9.38 Å². The van der Waals surface area contributed by atoms with Gasteiger partial charge >= 0.3 is 5.69 Å². The minimum atomic E-state index is -0.508. The molecule has 0 aromatic heterocycles. The van der Waals surface area contributed by atoms with E-state index in [4.69, 9.17) is 4.74 Å². The lowest BCUT2D eigenvalue weighted by molar-refractivity contribution is -0.386. The molecule has 3 aromatic rings. The maximum atomic E-state index is 13.2. The molecule has 0 N–H and O–H groups in total. The lowest BCUT2D eigenvalue weighted by atomic mass is 10.1. The molecule has 1 fully saturated rings. The fourth-order valence-corrected chi connectivity index (χ4v) is 4.33. The van der Waals surface area contributed by atoms with Crippen molar-refractivity contribution in [3.63, 3.8) is 0 Å². The Morgan fingerprint density at radius 1 is 1.12 bits per heavy atom. The van der Waals surface area contributed by atoms with E-state index in [2.05, 4.69) is 4.99 Å². The largest absolute Gasteiger partial charge is 0.482 e. The molecule has 7 nitrogen and oxygen atoms in total. The third kappa shape index (κ3) is 5.32. The van der Waals surface area contributed by atoms with E-state index < -0.39 is 4.92 Å². The Bertz CT molecular complexity index is 1280. The summed E-state index contributed by atoms with van der Waals surface area (Å²) in [5.74, 6) is -0.472. The normalized spacial score (nSPS) is 15.8. The quantitative estimate of drug-likeness (QED) is 0.239. The van der Waals surface area contributed by atoms with Crippen molar-refractivity contribution >= 4 is 40.3 Å². The van der Waals surface area contributed by atoms with E-state index in [0.717, 1.165) is 17.3 Å². The van der Waals surface area contributed by atoms with Gasteiger partial charge in [-0.05, 0) is 66.2 Å². The summed E-state index contributed by atoms with van der Waals surface area (Å²) in [6, 6.07) is 19.6. The highest BCUT2D eigenvalue weighted by Crippen LogP contribution is 2.36. The number of nitro groups is 1. The zero-order chi connectivity index (χ0) is 24.1. The molecule has 0 bridgehead atoms. The molecule has 1 saturated heterocycles. The molecule has 1 aliphatic heterocycles. The Morgan fingerprint density at radius 3 is 2.53 bits per heavy atom. The fraction of sp³-hybridized carbons (Fsp3) is 0.120. The van der Waals surface area contributed by atoms with Crippen molar-refractivity contribution < 1.29 is 18.8 Å². The summed E-state index contributed by atoms with van der Waals surface area (Å²) in [5.41, 5.74) is 1.72. The number of aliphatic imine (C=N–C) groups is 1. The maximum Gasteiger partial charge on any atom is 0.311 e.